The van der Waals surface area contributed by atoms with E-state index in [0.29, 0.717) is 16.3 Å². The number of aliphatic imine (C=N–C) groups is 1. The van der Waals surface area contributed by atoms with Gasteiger partial charge in [0.05, 0.1) is 22.0 Å². The van der Waals surface area contributed by atoms with Crippen LogP contribution in [-0.2, 0) is 0 Å². The number of nitrogens with one attached hydrogen (secondary N) is 1. The Bertz CT molecular complexity index is 1040. The summed E-state index contributed by atoms with van der Waals surface area (Å²) in [6.07, 6.45) is 1.55. The third kappa shape index (κ3) is 3.81. The van der Waals surface area contributed by atoms with Crippen molar-refractivity contribution in [1.82, 2.24) is 9.78 Å². The summed E-state index contributed by atoms with van der Waals surface area (Å²) < 4.78 is 3.38. The zero-order valence-corrected chi connectivity index (χ0v) is 17.4. The maximum absolute atomic E-state index is 12.8. The molecule has 7 heteroatoms. The normalized spacial score (nSPS) is 11.4. The van der Waals surface area contributed by atoms with Crippen LogP contribution in [0.5, 0.6) is 0 Å². The minimum atomic E-state index is -0.153. The molecule has 1 heterocycles. The zero-order valence-electron chi connectivity index (χ0n) is 13.5. The van der Waals surface area contributed by atoms with E-state index in [1.807, 2.05) is 38.1 Å². The first-order valence-electron chi connectivity index (χ1n) is 7.44. The Morgan fingerprint density at radius 2 is 1.80 bits per heavy atom. The Kier molecular flexibility index (Phi) is 5.32. The van der Waals surface area contributed by atoms with Gasteiger partial charge in [0, 0.05) is 20.9 Å². The van der Waals surface area contributed by atoms with Gasteiger partial charge in [0.2, 0.25) is 0 Å². The van der Waals surface area contributed by atoms with E-state index < -0.39 is 0 Å². The van der Waals surface area contributed by atoms with Crippen LogP contribution in [0.2, 0.25) is 5.02 Å². The molecule has 3 rings (SSSR count). The van der Waals surface area contributed by atoms with Crippen molar-refractivity contribution >= 4 is 55.4 Å². The minimum Gasteiger partial charge on any atom is -0.295 e. The van der Waals surface area contributed by atoms with E-state index in [2.05, 4.69) is 42.0 Å². The maximum Gasteiger partial charge on any atom is 0.280 e. The SMILES string of the molecule is Cc1cc(Br)ccc1-n1[nH]c(C)c(C=Nc2ccc(Br)cc2Cl)c1=O. The number of benzene rings is 2. The predicted octanol–water partition coefficient (Wildman–Crippen LogP) is 5.71. The highest BCUT2D eigenvalue weighted by atomic mass is 79.9. The number of rotatable bonds is 3. The number of nitrogens with zero attached hydrogens (tertiary/aromatic N) is 2. The van der Waals surface area contributed by atoms with Gasteiger partial charge < -0.3 is 0 Å². The van der Waals surface area contributed by atoms with Crippen molar-refractivity contribution in [3.8, 4) is 5.69 Å². The summed E-state index contributed by atoms with van der Waals surface area (Å²) >= 11 is 13.0. The van der Waals surface area contributed by atoms with Gasteiger partial charge in [0.15, 0.2) is 0 Å². The van der Waals surface area contributed by atoms with E-state index in [9.17, 15) is 4.79 Å². The first kappa shape index (κ1) is 18.2. The predicted molar refractivity (Wildman–Crippen MR) is 110 cm³/mol. The largest absolute Gasteiger partial charge is 0.295 e. The lowest BCUT2D eigenvalue weighted by atomic mass is 10.2. The van der Waals surface area contributed by atoms with Crippen LogP contribution in [-0.4, -0.2) is 16.0 Å². The van der Waals surface area contributed by atoms with Gasteiger partial charge in [-0.3, -0.25) is 14.9 Å². The molecule has 2 aromatic carbocycles. The fourth-order valence-corrected chi connectivity index (χ4v) is 3.67. The fourth-order valence-electron chi connectivity index (χ4n) is 2.47. The molecule has 1 N–H and O–H groups in total. The van der Waals surface area contributed by atoms with Crippen molar-refractivity contribution < 1.29 is 0 Å². The van der Waals surface area contributed by atoms with Crippen LogP contribution in [0.1, 0.15) is 16.8 Å². The standard InChI is InChI=1S/C18H14Br2ClN3O/c1-10-7-12(19)4-6-17(10)24-18(25)14(11(2)23-24)9-22-16-5-3-13(20)8-15(16)21/h3-9,23H,1-2H3. The second kappa shape index (κ2) is 7.32. The van der Waals surface area contributed by atoms with E-state index >= 15 is 0 Å². The Balaban J connectivity index is 2.03. The van der Waals surface area contributed by atoms with Gasteiger partial charge >= 0.3 is 0 Å². The molecule has 3 aromatic rings. The number of aryl methyl sites for hydroxylation is 2. The highest BCUT2D eigenvalue weighted by Gasteiger charge is 2.12. The molecule has 0 fully saturated rings. The molecule has 4 nitrogen and oxygen atoms in total. The second-order valence-electron chi connectivity index (χ2n) is 5.58. The molecule has 0 saturated carbocycles. The monoisotopic (exact) mass is 481 g/mol. The number of H-pyrrole nitrogens is 1. The Labute approximate surface area is 166 Å². The zero-order chi connectivity index (χ0) is 18.1. The summed E-state index contributed by atoms with van der Waals surface area (Å²) in [6.45, 7) is 3.80. The average Bonchev–Trinajstić information content (AvgIpc) is 2.81. The molecule has 0 unspecified atom stereocenters. The molecule has 0 radical (unpaired) electrons. The molecule has 25 heavy (non-hydrogen) atoms. The number of hydrogen-bond acceptors (Lipinski definition) is 2. The lowest BCUT2D eigenvalue weighted by molar-refractivity contribution is 0.828. The number of aromatic nitrogens is 2. The average molecular weight is 484 g/mol. The van der Waals surface area contributed by atoms with Gasteiger partial charge in [-0.1, -0.05) is 43.5 Å². The number of hydrogen-bond donors (Lipinski definition) is 1. The molecule has 0 aliphatic rings. The molecule has 0 bridgehead atoms. The molecule has 0 aliphatic heterocycles. The lowest BCUT2D eigenvalue weighted by Crippen LogP contribution is -2.18. The molecule has 128 valence electrons. The van der Waals surface area contributed by atoms with Crippen molar-refractivity contribution in [2.45, 2.75) is 13.8 Å². The van der Waals surface area contributed by atoms with E-state index in [4.69, 9.17) is 11.6 Å². The topological polar surface area (TPSA) is 50.1 Å². The molecule has 0 atom stereocenters. The summed E-state index contributed by atoms with van der Waals surface area (Å²) in [6, 6.07) is 11.2. The van der Waals surface area contributed by atoms with Crippen molar-refractivity contribution in [1.29, 1.82) is 0 Å². The number of aromatic amines is 1. The van der Waals surface area contributed by atoms with Gasteiger partial charge in [-0.05, 0) is 55.8 Å². The molecule has 0 spiro atoms. The van der Waals surface area contributed by atoms with Crippen molar-refractivity contribution in [2.75, 3.05) is 0 Å². The van der Waals surface area contributed by atoms with E-state index in [0.717, 1.165) is 25.9 Å². The summed E-state index contributed by atoms with van der Waals surface area (Å²) in [4.78, 5) is 17.1. The summed E-state index contributed by atoms with van der Waals surface area (Å²) in [7, 11) is 0. The van der Waals surface area contributed by atoms with Gasteiger partial charge in [-0.25, -0.2) is 4.68 Å². The summed E-state index contributed by atoms with van der Waals surface area (Å²) in [5.41, 5.74) is 3.48. The molecule has 0 amide bonds. The van der Waals surface area contributed by atoms with Crippen LogP contribution < -0.4 is 5.56 Å². The van der Waals surface area contributed by atoms with Crippen molar-refractivity contribution in [2.24, 2.45) is 4.99 Å². The second-order valence-corrected chi connectivity index (χ2v) is 7.81. The summed E-state index contributed by atoms with van der Waals surface area (Å²) in [5, 5.41) is 3.62. The van der Waals surface area contributed by atoms with Crippen LogP contribution in [0, 0.1) is 13.8 Å². The van der Waals surface area contributed by atoms with Crippen LogP contribution in [0.15, 0.2) is 55.1 Å². The van der Waals surface area contributed by atoms with Crippen molar-refractivity contribution in [3.63, 3.8) is 0 Å². The molecule has 1 aromatic heterocycles. The minimum absolute atomic E-state index is 0.153. The highest BCUT2D eigenvalue weighted by molar-refractivity contribution is 9.10. The van der Waals surface area contributed by atoms with Gasteiger partial charge in [-0.2, -0.15) is 0 Å². The van der Waals surface area contributed by atoms with Crippen LogP contribution in [0.4, 0.5) is 5.69 Å². The van der Waals surface area contributed by atoms with Gasteiger partial charge in [-0.15, -0.1) is 0 Å². The Morgan fingerprint density at radius 1 is 1.12 bits per heavy atom. The smallest absolute Gasteiger partial charge is 0.280 e. The van der Waals surface area contributed by atoms with Gasteiger partial charge in [0.1, 0.15) is 0 Å². The van der Waals surface area contributed by atoms with Crippen LogP contribution in [0.3, 0.4) is 0 Å². The summed E-state index contributed by atoms with van der Waals surface area (Å²) in [5.74, 6) is 0. The van der Waals surface area contributed by atoms with Crippen molar-refractivity contribution in [3.05, 3.63) is 77.5 Å². The van der Waals surface area contributed by atoms with E-state index in [1.165, 1.54) is 4.68 Å². The highest BCUT2D eigenvalue weighted by Crippen LogP contribution is 2.28. The van der Waals surface area contributed by atoms with Crippen LogP contribution >= 0.6 is 43.5 Å². The van der Waals surface area contributed by atoms with E-state index in [-0.39, 0.29) is 5.56 Å². The van der Waals surface area contributed by atoms with E-state index in [1.54, 1.807) is 18.3 Å². The third-order valence-electron chi connectivity index (χ3n) is 3.76. The first-order chi connectivity index (χ1) is 11.9. The Morgan fingerprint density at radius 3 is 2.48 bits per heavy atom. The van der Waals surface area contributed by atoms with Gasteiger partial charge in [0.25, 0.3) is 5.56 Å². The van der Waals surface area contributed by atoms with Crippen LogP contribution in [0.25, 0.3) is 5.69 Å². The Hall–Kier alpha value is -1.63. The quantitative estimate of drug-likeness (QED) is 0.477. The molecular formula is C18H14Br2ClN3O. The maximum atomic E-state index is 12.8. The first-order valence-corrected chi connectivity index (χ1v) is 9.40. The third-order valence-corrected chi connectivity index (χ3v) is 5.05. The molecule has 0 saturated heterocycles. The molecular weight excluding hydrogens is 469 g/mol. The molecule has 0 aliphatic carbocycles. The number of halogens is 3. The fraction of sp³-hybridized carbons (Fsp3) is 0.111. The lowest BCUT2D eigenvalue weighted by Gasteiger charge is -2.06.